The zero-order valence-corrected chi connectivity index (χ0v) is 9.99. The van der Waals surface area contributed by atoms with Crippen molar-refractivity contribution in [3.8, 4) is 0 Å². The van der Waals surface area contributed by atoms with Crippen LogP contribution in [0.5, 0.6) is 0 Å². The molecule has 0 bridgehead atoms. The third-order valence-corrected chi connectivity index (χ3v) is 2.08. The molecular weight excluding hydrogens is 178 g/mol. The molecule has 0 aliphatic heterocycles. The zero-order chi connectivity index (χ0) is 11.0. The van der Waals surface area contributed by atoms with Crippen LogP contribution < -0.4 is 0 Å². The number of rotatable bonds is 8. The summed E-state index contributed by atoms with van der Waals surface area (Å²) in [5.74, 6) is 0. The van der Waals surface area contributed by atoms with Crippen molar-refractivity contribution < 1.29 is 9.84 Å². The lowest BCUT2D eigenvalue weighted by molar-refractivity contribution is -0.0364. The van der Waals surface area contributed by atoms with E-state index in [4.69, 9.17) is 9.84 Å². The first kappa shape index (κ1) is 13.9. The summed E-state index contributed by atoms with van der Waals surface area (Å²) in [5.41, 5.74) is 0. The molecule has 3 heteroatoms. The van der Waals surface area contributed by atoms with Crippen molar-refractivity contribution in [3.63, 3.8) is 0 Å². The predicted octanol–water partition coefficient (Wildman–Crippen LogP) is 1.50. The molecule has 0 aromatic heterocycles. The van der Waals surface area contributed by atoms with Gasteiger partial charge in [-0.2, -0.15) is 0 Å². The van der Waals surface area contributed by atoms with E-state index in [-0.39, 0.29) is 18.8 Å². The van der Waals surface area contributed by atoms with Crippen LogP contribution in [0.4, 0.5) is 0 Å². The van der Waals surface area contributed by atoms with Crippen LogP contribution in [-0.2, 0) is 4.74 Å². The van der Waals surface area contributed by atoms with E-state index in [1.54, 1.807) is 0 Å². The van der Waals surface area contributed by atoms with Crippen LogP contribution in [0.3, 0.4) is 0 Å². The number of ether oxygens (including phenoxy) is 1. The first-order valence-electron chi connectivity index (χ1n) is 5.55. The van der Waals surface area contributed by atoms with E-state index in [0.29, 0.717) is 0 Å². The van der Waals surface area contributed by atoms with E-state index in [2.05, 4.69) is 18.9 Å². The maximum absolute atomic E-state index is 9.10. The number of aliphatic hydroxyl groups excluding tert-OH is 1. The molecule has 0 amide bonds. The monoisotopic (exact) mass is 203 g/mol. The molecule has 14 heavy (non-hydrogen) atoms. The Balaban J connectivity index is 3.68. The molecule has 0 rings (SSSR count). The summed E-state index contributed by atoms with van der Waals surface area (Å²) in [6.07, 6.45) is 2.55. The van der Waals surface area contributed by atoms with Crippen LogP contribution in [0, 0.1) is 0 Å². The van der Waals surface area contributed by atoms with Gasteiger partial charge < -0.3 is 14.7 Å². The molecule has 1 atom stereocenters. The minimum Gasteiger partial charge on any atom is -0.394 e. The third kappa shape index (κ3) is 7.30. The maximum Gasteiger partial charge on any atom is 0.0935 e. The third-order valence-electron chi connectivity index (χ3n) is 2.08. The second kappa shape index (κ2) is 8.21. The number of hydrogen-bond donors (Lipinski definition) is 1. The molecule has 1 unspecified atom stereocenters. The fourth-order valence-corrected chi connectivity index (χ4v) is 1.40. The summed E-state index contributed by atoms with van der Waals surface area (Å²) >= 11 is 0. The Morgan fingerprint density at radius 1 is 1.36 bits per heavy atom. The Morgan fingerprint density at radius 3 is 2.43 bits per heavy atom. The molecular formula is C11H25NO2. The van der Waals surface area contributed by atoms with Crippen LogP contribution in [-0.4, -0.2) is 49.0 Å². The van der Waals surface area contributed by atoms with E-state index < -0.39 is 0 Å². The maximum atomic E-state index is 9.10. The second-order valence-corrected chi connectivity index (χ2v) is 4.11. The fourth-order valence-electron chi connectivity index (χ4n) is 1.40. The molecule has 0 aliphatic carbocycles. The van der Waals surface area contributed by atoms with E-state index in [0.717, 1.165) is 13.1 Å². The van der Waals surface area contributed by atoms with Gasteiger partial charge in [0.05, 0.1) is 18.8 Å². The summed E-state index contributed by atoms with van der Waals surface area (Å²) < 4.78 is 5.56. The number of likely N-dealkylation sites (N-methyl/N-ethyl adjacent to an activating group) is 1. The van der Waals surface area contributed by atoms with E-state index >= 15 is 0 Å². The fraction of sp³-hybridized carbons (Fsp3) is 1.00. The lowest BCUT2D eigenvalue weighted by Gasteiger charge is -2.24. The lowest BCUT2D eigenvalue weighted by Crippen LogP contribution is -2.35. The largest absolute Gasteiger partial charge is 0.394 e. The SMILES string of the molecule is CCCCN(C)CC(CO)OC(C)C. The summed E-state index contributed by atoms with van der Waals surface area (Å²) in [7, 11) is 2.07. The van der Waals surface area contributed by atoms with Crippen molar-refractivity contribution in [2.24, 2.45) is 0 Å². The van der Waals surface area contributed by atoms with E-state index in [1.165, 1.54) is 12.8 Å². The first-order chi connectivity index (χ1) is 6.60. The smallest absolute Gasteiger partial charge is 0.0935 e. The molecule has 0 saturated carbocycles. The van der Waals surface area contributed by atoms with Gasteiger partial charge in [0, 0.05) is 6.54 Å². The van der Waals surface area contributed by atoms with Gasteiger partial charge in [0.15, 0.2) is 0 Å². The zero-order valence-electron chi connectivity index (χ0n) is 9.99. The Labute approximate surface area is 88.1 Å². The van der Waals surface area contributed by atoms with Crippen molar-refractivity contribution in [2.75, 3.05) is 26.7 Å². The lowest BCUT2D eigenvalue weighted by atomic mass is 10.3. The molecule has 3 nitrogen and oxygen atoms in total. The summed E-state index contributed by atoms with van der Waals surface area (Å²) in [6, 6.07) is 0. The highest BCUT2D eigenvalue weighted by molar-refractivity contribution is 4.63. The summed E-state index contributed by atoms with van der Waals surface area (Å²) in [5, 5.41) is 9.10. The average molecular weight is 203 g/mol. The van der Waals surface area contributed by atoms with Crippen molar-refractivity contribution in [1.29, 1.82) is 0 Å². The summed E-state index contributed by atoms with van der Waals surface area (Å²) in [4.78, 5) is 2.22. The van der Waals surface area contributed by atoms with Crippen LogP contribution >= 0.6 is 0 Å². The molecule has 0 aromatic rings. The molecule has 0 saturated heterocycles. The predicted molar refractivity (Wildman–Crippen MR) is 59.5 cm³/mol. The topological polar surface area (TPSA) is 32.7 Å². The Morgan fingerprint density at radius 2 is 2.00 bits per heavy atom. The van der Waals surface area contributed by atoms with Gasteiger partial charge in [-0.1, -0.05) is 13.3 Å². The van der Waals surface area contributed by atoms with E-state index in [1.807, 2.05) is 13.8 Å². The van der Waals surface area contributed by atoms with Gasteiger partial charge >= 0.3 is 0 Å². The highest BCUT2D eigenvalue weighted by Gasteiger charge is 2.12. The molecule has 86 valence electrons. The van der Waals surface area contributed by atoms with Crippen molar-refractivity contribution in [3.05, 3.63) is 0 Å². The number of unbranched alkanes of at least 4 members (excludes halogenated alkanes) is 1. The van der Waals surface area contributed by atoms with Gasteiger partial charge in [0.25, 0.3) is 0 Å². The summed E-state index contributed by atoms with van der Waals surface area (Å²) in [6.45, 7) is 8.17. The molecule has 0 radical (unpaired) electrons. The van der Waals surface area contributed by atoms with Crippen molar-refractivity contribution in [2.45, 2.75) is 45.8 Å². The van der Waals surface area contributed by atoms with Crippen LogP contribution in [0.15, 0.2) is 0 Å². The van der Waals surface area contributed by atoms with Crippen molar-refractivity contribution >= 4 is 0 Å². The standard InChI is InChI=1S/C11H25NO2/c1-5-6-7-12(4)8-11(9-13)14-10(2)3/h10-11,13H,5-9H2,1-4H3. The average Bonchev–Trinajstić information content (AvgIpc) is 2.12. The van der Waals surface area contributed by atoms with Crippen molar-refractivity contribution in [1.82, 2.24) is 4.90 Å². The van der Waals surface area contributed by atoms with Crippen LogP contribution in [0.1, 0.15) is 33.6 Å². The van der Waals surface area contributed by atoms with Gasteiger partial charge in [-0.15, -0.1) is 0 Å². The quantitative estimate of drug-likeness (QED) is 0.649. The van der Waals surface area contributed by atoms with Gasteiger partial charge in [-0.25, -0.2) is 0 Å². The molecule has 0 heterocycles. The number of aliphatic hydroxyl groups is 1. The van der Waals surface area contributed by atoms with Crippen LogP contribution in [0.25, 0.3) is 0 Å². The highest BCUT2D eigenvalue weighted by atomic mass is 16.5. The molecule has 0 aromatic carbocycles. The highest BCUT2D eigenvalue weighted by Crippen LogP contribution is 2.01. The van der Waals surface area contributed by atoms with E-state index in [9.17, 15) is 0 Å². The normalized spacial score (nSPS) is 13.9. The minimum atomic E-state index is -0.0446. The van der Waals surface area contributed by atoms with Crippen LogP contribution in [0.2, 0.25) is 0 Å². The minimum absolute atomic E-state index is 0.0446. The van der Waals surface area contributed by atoms with Gasteiger partial charge in [-0.05, 0) is 33.9 Å². The molecule has 1 N–H and O–H groups in total. The molecule has 0 fully saturated rings. The van der Waals surface area contributed by atoms with Gasteiger partial charge in [-0.3, -0.25) is 0 Å². The Hall–Kier alpha value is -0.120. The molecule has 0 aliphatic rings. The molecule has 0 spiro atoms. The van der Waals surface area contributed by atoms with Gasteiger partial charge in [0.1, 0.15) is 0 Å². The first-order valence-corrected chi connectivity index (χ1v) is 5.55. The van der Waals surface area contributed by atoms with Gasteiger partial charge in [0.2, 0.25) is 0 Å². The Kier molecular flexibility index (Phi) is 8.14. The number of hydrogen-bond acceptors (Lipinski definition) is 3. The number of nitrogens with zero attached hydrogens (tertiary/aromatic N) is 1. The second-order valence-electron chi connectivity index (χ2n) is 4.11. The Bertz CT molecular complexity index is 128.